The molecule has 1 rings (SSSR count). The van der Waals surface area contributed by atoms with Crippen LogP contribution in [-0.2, 0) is 4.74 Å². The van der Waals surface area contributed by atoms with E-state index in [2.05, 4.69) is 65.8 Å². The van der Waals surface area contributed by atoms with Crippen LogP contribution in [0.15, 0.2) is 29.3 Å². The number of hydrogen-bond acceptors (Lipinski definition) is 3. The van der Waals surface area contributed by atoms with Gasteiger partial charge in [-0.15, -0.1) is 0 Å². The van der Waals surface area contributed by atoms with Crippen LogP contribution in [0.25, 0.3) is 0 Å². The Morgan fingerprint density at radius 1 is 1.23 bits per heavy atom. The molecule has 0 radical (unpaired) electrons. The summed E-state index contributed by atoms with van der Waals surface area (Å²) in [6.07, 6.45) is 0. The molecule has 0 fully saturated rings. The SMILES string of the molecule is CCOCCNC(=NC)NCC(c1ccc(C)cc1)N(C)C. The molecule has 124 valence electrons. The topological polar surface area (TPSA) is 48.9 Å². The van der Waals surface area contributed by atoms with Crippen LogP contribution >= 0.6 is 0 Å². The maximum absolute atomic E-state index is 5.32. The van der Waals surface area contributed by atoms with E-state index in [1.165, 1.54) is 11.1 Å². The Hall–Kier alpha value is -1.59. The zero-order valence-electron chi connectivity index (χ0n) is 14.5. The molecular formula is C17H30N4O. The Kier molecular flexibility index (Phi) is 8.55. The third-order valence-electron chi connectivity index (χ3n) is 3.51. The van der Waals surface area contributed by atoms with Crippen LogP contribution in [-0.4, -0.2) is 58.3 Å². The van der Waals surface area contributed by atoms with E-state index < -0.39 is 0 Å². The molecule has 1 unspecified atom stereocenters. The molecule has 5 heteroatoms. The number of rotatable bonds is 8. The van der Waals surface area contributed by atoms with E-state index in [0.717, 1.165) is 25.7 Å². The molecule has 0 aromatic heterocycles. The minimum atomic E-state index is 0.297. The first-order valence-electron chi connectivity index (χ1n) is 7.83. The first-order valence-corrected chi connectivity index (χ1v) is 7.83. The van der Waals surface area contributed by atoms with Gasteiger partial charge in [-0.3, -0.25) is 4.99 Å². The van der Waals surface area contributed by atoms with Crippen LogP contribution < -0.4 is 10.6 Å². The first-order chi connectivity index (χ1) is 10.6. The van der Waals surface area contributed by atoms with Gasteiger partial charge in [0.15, 0.2) is 5.96 Å². The van der Waals surface area contributed by atoms with Crippen LogP contribution in [0.2, 0.25) is 0 Å². The van der Waals surface area contributed by atoms with Crippen molar-refractivity contribution in [3.05, 3.63) is 35.4 Å². The van der Waals surface area contributed by atoms with Crippen molar-refractivity contribution in [2.75, 3.05) is 47.4 Å². The Balaban J connectivity index is 2.54. The Morgan fingerprint density at radius 3 is 2.45 bits per heavy atom. The first kappa shape index (κ1) is 18.5. The molecule has 0 amide bonds. The molecule has 0 aliphatic heterocycles. The molecule has 0 bridgehead atoms. The standard InChI is InChI=1S/C17H30N4O/c1-6-22-12-11-19-17(18-3)20-13-16(21(4)5)15-9-7-14(2)8-10-15/h7-10,16H,6,11-13H2,1-5H3,(H2,18,19,20). The van der Waals surface area contributed by atoms with Crippen molar-refractivity contribution in [2.24, 2.45) is 4.99 Å². The molecule has 0 heterocycles. The average Bonchev–Trinajstić information content (AvgIpc) is 2.51. The summed E-state index contributed by atoms with van der Waals surface area (Å²) >= 11 is 0. The van der Waals surface area contributed by atoms with Gasteiger partial charge in [-0.05, 0) is 33.5 Å². The maximum atomic E-state index is 5.32. The molecule has 22 heavy (non-hydrogen) atoms. The highest BCUT2D eigenvalue weighted by molar-refractivity contribution is 5.79. The van der Waals surface area contributed by atoms with E-state index in [9.17, 15) is 0 Å². The summed E-state index contributed by atoms with van der Waals surface area (Å²) in [5, 5.41) is 6.64. The van der Waals surface area contributed by atoms with Gasteiger partial charge in [0.2, 0.25) is 0 Å². The Morgan fingerprint density at radius 2 is 1.91 bits per heavy atom. The summed E-state index contributed by atoms with van der Waals surface area (Å²) in [6, 6.07) is 8.98. The number of nitrogens with zero attached hydrogens (tertiary/aromatic N) is 2. The average molecular weight is 306 g/mol. The van der Waals surface area contributed by atoms with E-state index in [1.54, 1.807) is 7.05 Å². The van der Waals surface area contributed by atoms with Crippen LogP contribution in [0.5, 0.6) is 0 Å². The maximum Gasteiger partial charge on any atom is 0.191 e. The lowest BCUT2D eigenvalue weighted by Crippen LogP contribution is -2.42. The molecule has 0 aliphatic rings. The lowest BCUT2D eigenvalue weighted by atomic mass is 10.0. The van der Waals surface area contributed by atoms with Crippen molar-refractivity contribution in [3.8, 4) is 0 Å². The largest absolute Gasteiger partial charge is 0.380 e. The molecular weight excluding hydrogens is 276 g/mol. The van der Waals surface area contributed by atoms with E-state index in [0.29, 0.717) is 12.6 Å². The number of guanidine groups is 1. The zero-order chi connectivity index (χ0) is 16.4. The third kappa shape index (κ3) is 6.45. The van der Waals surface area contributed by atoms with E-state index >= 15 is 0 Å². The fourth-order valence-electron chi connectivity index (χ4n) is 2.19. The van der Waals surface area contributed by atoms with E-state index in [-0.39, 0.29) is 0 Å². The molecule has 0 saturated heterocycles. The van der Waals surface area contributed by atoms with E-state index in [4.69, 9.17) is 4.74 Å². The Bertz CT molecular complexity index is 442. The fourth-order valence-corrected chi connectivity index (χ4v) is 2.19. The lowest BCUT2D eigenvalue weighted by Gasteiger charge is -2.26. The monoisotopic (exact) mass is 306 g/mol. The summed E-state index contributed by atoms with van der Waals surface area (Å²) in [4.78, 5) is 6.46. The van der Waals surface area contributed by atoms with Gasteiger partial charge < -0.3 is 20.3 Å². The van der Waals surface area contributed by atoms with Gasteiger partial charge in [0, 0.05) is 26.7 Å². The summed E-state index contributed by atoms with van der Waals surface area (Å²) in [5.41, 5.74) is 2.58. The van der Waals surface area contributed by atoms with Gasteiger partial charge in [0.1, 0.15) is 0 Å². The minimum Gasteiger partial charge on any atom is -0.380 e. The van der Waals surface area contributed by atoms with Crippen molar-refractivity contribution >= 4 is 5.96 Å². The van der Waals surface area contributed by atoms with Gasteiger partial charge in [-0.2, -0.15) is 0 Å². The number of ether oxygens (including phenoxy) is 1. The Labute approximate surface area is 134 Å². The van der Waals surface area contributed by atoms with Crippen LogP contribution in [0.4, 0.5) is 0 Å². The predicted octanol–water partition coefficient (Wildman–Crippen LogP) is 1.80. The molecule has 0 spiro atoms. The van der Waals surface area contributed by atoms with Gasteiger partial charge in [-0.1, -0.05) is 29.8 Å². The van der Waals surface area contributed by atoms with Crippen molar-refractivity contribution < 1.29 is 4.74 Å². The van der Waals surface area contributed by atoms with E-state index in [1.807, 2.05) is 6.92 Å². The molecule has 5 nitrogen and oxygen atoms in total. The highest BCUT2D eigenvalue weighted by atomic mass is 16.5. The zero-order valence-corrected chi connectivity index (χ0v) is 14.5. The summed E-state index contributed by atoms with van der Waals surface area (Å²) in [5.74, 6) is 0.804. The minimum absolute atomic E-state index is 0.297. The second kappa shape index (κ2) is 10.2. The number of aryl methyl sites for hydroxylation is 1. The normalized spacial score (nSPS) is 13.3. The van der Waals surface area contributed by atoms with Crippen molar-refractivity contribution in [2.45, 2.75) is 19.9 Å². The van der Waals surface area contributed by atoms with Gasteiger partial charge >= 0.3 is 0 Å². The number of benzene rings is 1. The number of likely N-dealkylation sites (N-methyl/N-ethyl adjacent to an activating group) is 1. The lowest BCUT2D eigenvalue weighted by molar-refractivity contribution is 0.152. The van der Waals surface area contributed by atoms with Gasteiger partial charge in [0.05, 0.1) is 12.6 Å². The molecule has 1 atom stereocenters. The second-order valence-corrected chi connectivity index (χ2v) is 5.47. The fraction of sp³-hybridized carbons (Fsp3) is 0.588. The summed E-state index contributed by atoms with van der Waals surface area (Å²) in [7, 11) is 5.97. The summed E-state index contributed by atoms with van der Waals surface area (Å²) in [6.45, 7) is 7.08. The predicted molar refractivity (Wildman–Crippen MR) is 93.5 cm³/mol. The molecule has 2 N–H and O–H groups in total. The van der Waals surface area contributed by atoms with Crippen LogP contribution in [0.3, 0.4) is 0 Å². The van der Waals surface area contributed by atoms with Crippen LogP contribution in [0, 0.1) is 6.92 Å². The van der Waals surface area contributed by atoms with Gasteiger partial charge in [0.25, 0.3) is 0 Å². The van der Waals surface area contributed by atoms with Crippen molar-refractivity contribution in [3.63, 3.8) is 0 Å². The van der Waals surface area contributed by atoms with Gasteiger partial charge in [-0.25, -0.2) is 0 Å². The molecule has 0 saturated carbocycles. The molecule has 0 aliphatic carbocycles. The number of aliphatic imine (C=N–C) groups is 1. The van der Waals surface area contributed by atoms with Crippen molar-refractivity contribution in [1.29, 1.82) is 0 Å². The third-order valence-corrected chi connectivity index (χ3v) is 3.51. The number of hydrogen-bond donors (Lipinski definition) is 2. The highest BCUT2D eigenvalue weighted by Gasteiger charge is 2.14. The summed E-state index contributed by atoms with van der Waals surface area (Å²) < 4.78 is 5.32. The smallest absolute Gasteiger partial charge is 0.191 e. The van der Waals surface area contributed by atoms with Crippen molar-refractivity contribution in [1.82, 2.24) is 15.5 Å². The van der Waals surface area contributed by atoms with Crippen LogP contribution in [0.1, 0.15) is 24.1 Å². The molecule has 1 aromatic rings. The number of nitrogens with one attached hydrogen (secondary N) is 2. The highest BCUT2D eigenvalue weighted by Crippen LogP contribution is 2.17. The quantitative estimate of drug-likeness (QED) is 0.437. The second-order valence-electron chi connectivity index (χ2n) is 5.47. The molecule has 1 aromatic carbocycles.